The van der Waals surface area contributed by atoms with E-state index in [1.54, 1.807) is 45.8 Å². The lowest BCUT2D eigenvalue weighted by Gasteiger charge is -2.03. The van der Waals surface area contributed by atoms with Crippen LogP contribution in [0.3, 0.4) is 0 Å². The summed E-state index contributed by atoms with van der Waals surface area (Å²) in [6.07, 6.45) is 4.57. The van der Waals surface area contributed by atoms with Gasteiger partial charge in [-0.15, -0.1) is 45.8 Å². The molecule has 0 amide bonds. The smallest absolute Gasteiger partial charge is 0.100 e. The van der Waals surface area contributed by atoms with Gasteiger partial charge in [0.25, 0.3) is 0 Å². The zero-order chi connectivity index (χ0) is 19.1. The molecule has 0 N–H and O–H groups in total. The Kier molecular flexibility index (Phi) is 7.09. The number of allylic oxidation sites excluding steroid dienone is 1. The summed E-state index contributed by atoms with van der Waals surface area (Å²) >= 11 is 6.60. The van der Waals surface area contributed by atoms with Crippen molar-refractivity contribution in [3.63, 3.8) is 0 Å². The van der Waals surface area contributed by atoms with E-state index in [1.807, 2.05) is 47.2 Å². The summed E-state index contributed by atoms with van der Waals surface area (Å²) in [6, 6.07) is 14.8. The summed E-state index contributed by atoms with van der Waals surface area (Å²) in [7, 11) is 0. The van der Waals surface area contributed by atoms with Crippen LogP contribution >= 0.6 is 45.8 Å². The summed E-state index contributed by atoms with van der Waals surface area (Å²) in [6.45, 7) is 3.92. The van der Waals surface area contributed by atoms with Crippen LogP contribution in [0.25, 0.3) is 11.6 Å². The maximum atomic E-state index is 9.51. The zero-order valence-corrected chi connectivity index (χ0v) is 17.7. The normalized spacial score (nSPS) is 12.3. The Hall–Kier alpha value is -2.09. The van der Waals surface area contributed by atoms with Gasteiger partial charge in [0.1, 0.15) is 6.07 Å². The zero-order valence-electron chi connectivity index (χ0n) is 14.4. The van der Waals surface area contributed by atoms with Gasteiger partial charge in [-0.3, -0.25) is 0 Å². The van der Waals surface area contributed by atoms with Crippen LogP contribution < -0.4 is 0 Å². The van der Waals surface area contributed by atoms with E-state index in [1.165, 1.54) is 4.88 Å². The van der Waals surface area contributed by atoms with Gasteiger partial charge in [0.2, 0.25) is 0 Å². The van der Waals surface area contributed by atoms with Crippen molar-refractivity contribution in [1.29, 1.82) is 10.5 Å². The minimum atomic E-state index is -0.108. The average molecular weight is 425 g/mol. The van der Waals surface area contributed by atoms with E-state index in [0.29, 0.717) is 0 Å². The van der Waals surface area contributed by atoms with Gasteiger partial charge in [0.15, 0.2) is 0 Å². The first-order valence-corrected chi connectivity index (χ1v) is 11.8. The van der Waals surface area contributed by atoms with Gasteiger partial charge in [0.05, 0.1) is 17.6 Å². The van der Waals surface area contributed by atoms with E-state index in [2.05, 4.69) is 24.8 Å². The number of hydrogen-bond donors (Lipinski definition) is 0. The molecule has 0 aliphatic carbocycles. The van der Waals surface area contributed by atoms with Gasteiger partial charge in [-0.1, -0.05) is 30.9 Å². The summed E-state index contributed by atoms with van der Waals surface area (Å²) in [4.78, 5) is 5.59. The van der Waals surface area contributed by atoms with Crippen LogP contribution in [0.15, 0.2) is 58.6 Å². The Balaban J connectivity index is 1.70. The molecular weight excluding hydrogens is 409 g/mol. The molecule has 1 unspecified atom stereocenters. The molecule has 6 heteroatoms. The Morgan fingerprint density at radius 3 is 2.67 bits per heavy atom. The summed E-state index contributed by atoms with van der Waals surface area (Å²) < 4.78 is 0. The Morgan fingerprint density at radius 2 is 2.04 bits per heavy atom. The highest BCUT2D eigenvalue weighted by molar-refractivity contribution is 7.99. The summed E-state index contributed by atoms with van der Waals surface area (Å²) in [5.41, 5.74) is 0.718. The molecule has 0 aliphatic heterocycles. The molecular formula is C21H16N2S4. The van der Waals surface area contributed by atoms with Gasteiger partial charge in [-0.05, 0) is 29.0 Å². The standard InChI is InChI=1S/C21H16N2S4/c1-2-18-21(26-10-7-15(13-22)19-5-3-8-24-19)12-17(27-18)11-16(14-23)20-6-4-9-25-20/h2-9,12,16H,1,10-11H2/b15-7+. The van der Waals surface area contributed by atoms with E-state index in [4.69, 9.17) is 0 Å². The van der Waals surface area contributed by atoms with Crippen molar-refractivity contribution in [3.05, 3.63) is 73.3 Å². The van der Waals surface area contributed by atoms with Crippen LogP contribution in [0.2, 0.25) is 0 Å². The van der Waals surface area contributed by atoms with Crippen molar-refractivity contribution in [2.75, 3.05) is 5.75 Å². The van der Waals surface area contributed by atoms with Gasteiger partial charge in [-0.25, -0.2) is 0 Å². The Morgan fingerprint density at radius 1 is 1.22 bits per heavy atom. The molecule has 3 aromatic heterocycles. The van der Waals surface area contributed by atoms with Crippen molar-refractivity contribution >= 4 is 57.4 Å². The quantitative estimate of drug-likeness (QED) is 0.287. The summed E-state index contributed by atoms with van der Waals surface area (Å²) in [5.74, 6) is 0.618. The molecule has 0 fully saturated rings. The maximum absolute atomic E-state index is 9.51. The number of rotatable bonds is 8. The first kappa shape index (κ1) is 19.7. The van der Waals surface area contributed by atoms with Gasteiger partial charge >= 0.3 is 0 Å². The molecule has 3 aromatic rings. The predicted octanol–water partition coefficient (Wildman–Crippen LogP) is 7.06. The van der Waals surface area contributed by atoms with E-state index >= 15 is 0 Å². The number of nitrogens with zero attached hydrogens (tertiary/aromatic N) is 2. The first-order chi connectivity index (χ1) is 13.2. The molecule has 1 atom stereocenters. The molecule has 0 spiro atoms. The largest absolute Gasteiger partial charge is 0.198 e. The second-order valence-electron chi connectivity index (χ2n) is 5.56. The van der Waals surface area contributed by atoms with Gasteiger partial charge in [-0.2, -0.15) is 10.5 Å². The summed E-state index contributed by atoms with van der Waals surface area (Å²) in [5, 5.41) is 22.9. The molecule has 0 radical (unpaired) electrons. The minimum absolute atomic E-state index is 0.108. The molecule has 3 rings (SSSR count). The van der Waals surface area contributed by atoms with Gasteiger partial charge < -0.3 is 0 Å². The second kappa shape index (κ2) is 9.73. The van der Waals surface area contributed by atoms with Crippen molar-refractivity contribution in [1.82, 2.24) is 0 Å². The average Bonchev–Trinajstić information content (AvgIpc) is 3.45. The van der Waals surface area contributed by atoms with Crippen LogP contribution in [0, 0.1) is 22.7 Å². The topological polar surface area (TPSA) is 47.6 Å². The third kappa shape index (κ3) is 5.00. The molecule has 134 valence electrons. The highest BCUT2D eigenvalue weighted by atomic mass is 32.2. The third-order valence-electron chi connectivity index (χ3n) is 3.84. The lowest BCUT2D eigenvalue weighted by atomic mass is 10.0. The lowest BCUT2D eigenvalue weighted by molar-refractivity contribution is 0.880. The van der Waals surface area contributed by atoms with Crippen molar-refractivity contribution in [3.8, 4) is 12.1 Å². The number of thioether (sulfide) groups is 1. The van der Waals surface area contributed by atoms with Crippen molar-refractivity contribution in [2.45, 2.75) is 17.2 Å². The molecule has 27 heavy (non-hydrogen) atoms. The van der Waals surface area contributed by atoms with Crippen LogP contribution in [0.5, 0.6) is 0 Å². The van der Waals surface area contributed by atoms with Crippen LogP contribution in [0.1, 0.15) is 25.4 Å². The molecule has 3 heterocycles. The highest BCUT2D eigenvalue weighted by Gasteiger charge is 2.16. The monoisotopic (exact) mass is 424 g/mol. The fourth-order valence-electron chi connectivity index (χ4n) is 2.54. The molecule has 0 aromatic carbocycles. The predicted molar refractivity (Wildman–Crippen MR) is 119 cm³/mol. The van der Waals surface area contributed by atoms with Crippen molar-refractivity contribution < 1.29 is 0 Å². The number of nitriles is 2. The lowest BCUT2D eigenvalue weighted by Crippen LogP contribution is -1.95. The SMILES string of the molecule is C=Cc1sc(CC(C#N)c2cccs2)cc1SC/C=C(\C#N)c1cccs1. The Bertz CT molecular complexity index is 996. The number of thiophene rings is 3. The first-order valence-electron chi connectivity index (χ1n) is 8.20. The maximum Gasteiger partial charge on any atom is 0.100 e. The third-order valence-corrected chi connectivity index (χ3v) is 8.00. The fraction of sp³-hybridized carbons (Fsp3) is 0.143. The molecule has 0 aliphatic rings. The Labute approximate surface area is 175 Å². The van der Waals surface area contributed by atoms with E-state index in [9.17, 15) is 10.5 Å². The molecule has 2 nitrogen and oxygen atoms in total. The van der Waals surface area contributed by atoms with Crippen LogP contribution in [0.4, 0.5) is 0 Å². The molecule has 0 saturated carbocycles. The second-order valence-corrected chi connectivity index (χ2v) is 9.72. The minimum Gasteiger partial charge on any atom is -0.198 e. The highest BCUT2D eigenvalue weighted by Crippen LogP contribution is 2.35. The van der Waals surface area contributed by atoms with E-state index < -0.39 is 0 Å². The molecule has 0 saturated heterocycles. The van der Waals surface area contributed by atoms with Crippen molar-refractivity contribution in [2.24, 2.45) is 0 Å². The fourth-order valence-corrected chi connectivity index (χ4v) is 6.24. The molecule has 0 bridgehead atoms. The van der Waals surface area contributed by atoms with Crippen LogP contribution in [-0.4, -0.2) is 5.75 Å². The van der Waals surface area contributed by atoms with Crippen LogP contribution in [-0.2, 0) is 6.42 Å². The number of hydrogen-bond acceptors (Lipinski definition) is 6. The van der Waals surface area contributed by atoms with Gasteiger partial charge in [0, 0.05) is 36.6 Å². The van der Waals surface area contributed by atoms with E-state index in [0.717, 1.165) is 37.3 Å². The van der Waals surface area contributed by atoms with E-state index in [-0.39, 0.29) is 5.92 Å².